The van der Waals surface area contributed by atoms with E-state index in [4.69, 9.17) is 0 Å². The van der Waals surface area contributed by atoms with Crippen LogP contribution in [0.25, 0.3) is 0 Å². The molecule has 1 aromatic rings. The van der Waals surface area contributed by atoms with Crippen LogP contribution >= 0.6 is 0 Å². The highest BCUT2D eigenvalue weighted by Crippen LogP contribution is 2.35. The molecule has 2 fully saturated rings. The minimum atomic E-state index is -0.623. The molecule has 1 saturated carbocycles. The van der Waals surface area contributed by atoms with E-state index in [2.05, 4.69) is 10.6 Å². The molecule has 0 aromatic heterocycles. The SMILES string of the molecule is CC1(NC(=O)C(=O)[C@H]2CNC(=O)[C@@H]2c2ccccc2)CC1. The second-order valence-electron chi connectivity index (χ2n) is 6.12. The molecule has 0 unspecified atom stereocenters. The van der Waals surface area contributed by atoms with Gasteiger partial charge in [0.2, 0.25) is 11.7 Å². The van der Waals surface area contributed by atoms with E-state index in [0.717, 1.165) is 18.4 Å². The minimum absolute atomic E-state index is 0.190. The lowest BCUT2D eigenvalue weighted by Crippen LogP contribution is -2.43. The zero-order valence-electron chi connectivity index (χ0n) is 11.9. The molecular weight excluding hydrogens is 268 g/mol. The average Bonchev–Trinajstić information content (AvgIpc) is 3.07. The Balaban J connectivity index is 1.78. The summed E-state index contributed by atoms with van der Waals surface area (Å²) in [5.74, 6) is -2.46. The number of amides is 2. The maximum atomic E-state index is 12.4. The molecule has 21 heavy (non-hydrogen) atoms. The fourth-order valence-corrected chi connectivity index (χ4v) is 2.73. The van der Waals surface area contributed by atoms with Gasteiger partial charge >= 0.3 is 0 Å². The summed E-state index contributed by atoms with van der Waals surface area (Å²) in [4.78, 5) is 36.5. The molecule has 1 aliphatic heterocycles. The van der Waals surface area contributed by atoms with Crippen LogP contribution < -0.4 is 10.6 Å². The van der Waals surface area contributed by atoms with Gasteiger partial charge in [-0.2, -0.15) is 0 Å². The molecule has 5 heteroatoms. The van der Waals surface area contributed by atoms with Gasteiger partial charge in [-0.05, 0) is 25.3 Å². The van der Waals surface area contributed by atoms with Crippen molar-refractivity contribution in [2.75, 3.05) is 6.54 Å². The van der Waals surface area contributed by atoms with Gasteiger partial charge in [0.05, 0.1) is 11.8 Å². The number of nitrogens with one attached hydrogen (secondary N) is 2. The number of benzene rings is 1. The maximum Gasteiger partial charge on any atom is 0.288 e. The normalized spacial score (nSPS) is 26.0. The molecule has 5 nitrogen and oxygen atoms in total. The van der Waals surface area contributed by atoms with Gasteiger partial charge in [-0.3, -0.25) is 14.4 Å². The van der Waals surface area contributed by atoms with Crippen LogP contribution in [0.4, 0.5) is 0 Å². The summed E-state index contributed by atoms with van der Waals surface area (Å²) in [6.07, 6.45) is 1.80. The van der Waals surface area contributed by atoms with Gasteiger partial charge in [0.25, 0.3) is 5.91 Å². The number of ketones is 1. The number of carbonyl (C=O) groups is 3. The lowest BCUT2D eigenvalue weighted by molar-refractivity contribution is -0.141. The Hall–Kier alpha value is -2.17. The quantitative estimate of drug-likeness (QED) is 0.802. The van der Waals surface area contributed by atoms with Crippen LogP contribution in [0, 0.1) is 5.92 Å². The van der Waals surface area contributed by atoms with Gasteiger partial charge in [0.1, 0.15) is 0 Å². The summed E-state index contributed by atoms with van der Waals surface area (Å²) in [5, 5.41) is 5.46. The third kappa shape index (κ3) is 2.68. The molecule has 0 bridgehead atoms. The first-order valence-electron chi connectivity index (χ1n) is 7.19. The Morgan fingerprint density at radius 3 is 2.52 bits per heavy atom. The number of hydrogen-bond acceptors (Lipinski definition) is 3. The smallest absolute Gasteiger partial charge is 0.288 e. The van der Waals surface area contributed by atoms with Crippen molar-refractivity contribution in [3.05, 3.63) is 35.9 Å². The summed E-state index contributed by atoms with van der Waals surface area (Å²) in [7, 11) is 0. The van der Waals surface area contributed by atoms with Crippen LogP contribution in [-0.4, -0.2) is 29.7 Å². The summed E-state index contributed by atoms with van der Waals surface area (Å²) in [6, 6.07) is 9.14. The van der Waals surface area contributed by atoms with Crippen LogP contribution in [-0.2, 0) is 14.4 Å². The van der Waals surface area contributed by atoms with E-state index in [1.807, 2.05) is 37.3 Å². The highest BCUT2D eigenvalue weighted by atomic mass is 16.2. The zero-order valence-corrected chi connectivity index (χ0v) is 11.9. The highest BCUT2D eigenvalue weighted by Gasteiger charge is 2.45. The van der Waals surface area contributed by atoms with Crippen molar-refractivity contribution in [3.63, 3.8) is 0 Å². The molecule has 1 aliphatic carbocycles. The number of Topliss-reactive ketones (excluding diaryl/α,β-unsaturated/α-hetero) is 1. The lowest BCUT2D eigenvalue weighted by atomic mass is 9.85. The lowest BCUT2D eigenvalue weighted by Gasteiger charge is -2.17. The van der Waals surface area contributed by atoms with Crippen molar-refractivity contribution in [3.8, 4) is 0 Å². The predicted molar refractivity (Wildman–Crippen MR) is 76.5 cm³/mol. The van der Waals surface area contributed by atoms with E-state index < -0.39 is 23.5 Å². The molecule has 2 aliphatic rings. The minimum Gasteiger partial charge on any atom is -0.355 e. The van der Waals surface area contributed by atoms with Crippen LogP contribution in [0.1, 0.15) is 31.2 Å². The van der Waals surface area contributed by atoms with Crippen LogP contribution in [0.2, 0.25) is 0 Å². The van der Waals surface area contributed by atoms with Crippen molar-refractivity contribution < 1.29 is 14.4 Å². The monoisotopic (exact) mass is 286 g/mol. The molecule has 1 aromatic carbocycles. The van der Waals surface area contributed by atoms with Gasteiger partial charge in [0.15, 0.2) is 0 Å². The summed E-state index contributed by atoms with van der Waals surface area (Å²) >= 11 is 0. The van der Waals surface area contributed by atoms with Gasteiger partial charge in [-0.25, -0.2) is 0 Å². The molecule has 2 atom stereocenters. The van der Waals surface area contributed by atoms with Crippen molar-refractivity contribution in [2.45, 2.75) is 31.2 Å². The second kappa shape index (κ2) is 4.98. The van der Waals surface area contributed by atoms with Crippen LogP contribution in [0.3, 0.4) is 0 Å². The van der Waals surface area contributed by atoms with Gasteiger partial charge in [-0.15, -0.1) is 0 Å². The van der Waals surface area contributed by atoms with Crippen LogP contribution in [0.5, 0.6) is 0 Å². The molecule has 1 heterocycles. The summed E-state index contributed by atoms with van der Waals surface area (Å²) in [6.45, 7) is 2.15. The predicted octanol–water partition coefficient (Wildman–Crippen LogP) is 0.754. The topological polar surface area (TPSA) is 75.3 Å². The Bertz CT molecular complexity index is 593. The fraction of sp³-hybridized carbons (Fsp3) is 0.438. The summed E-state index contributed by atoms with van der Waals surface area (Å²) in [5.41, 5.74) is 0.543. The van der Waals surface area contributed by atoms with Gasteiger partial charge < -0.3 is 10.6 Å². The standard InChI is InChI=1S/C16H18N2O3/c1-16(7-8-16)18-15(21)13(19)11-9-17-14(20)12(11)10-5-3-2-4-6-10/h2-6,11-12H,7-9H2,1H3,(H,17,20)(H,18,21)/t11-,12+/m0/s1. The molecule has 3 rings (SSSR count). The average molecular weight is 286 g/mol. The largest absolute Gasteiger partial charge is 0.355 e. The molecular formula is C16H18N2O3. The first-order valence-corrected chi connectivity index (χ1v) is 7.19. The van der Waals surface area contributed by atoms with E-state index in [0.29, 0.717) is 0 Å². The number of carbonyl (C=O) groups excluding carboxylic acids is 3. The Labute approximate surface area is 123 Å². The van der Waals surface area contributed by atoms with Crippen molar-refractivity contribution in [1.82, 2.24) is 10.6 Å². The molecule has 0 radical (unpaired) electrons. The molecule has 1 saturated heterocycles. The first-order chi connectivity index (χ1) is 10.0. The summed E-state index contributed by atoms with van der Waals surface area (Å²) < 4.78 is 0. The molecule has 2 amide bonds. The van der Waals surface area contributed by atoms with Crippen molar-refractivity contribution in [1.29, 1.82) is 0 Å². The fourth-order valence-electron chi connectivity index (χ4n) is 2.73. The number of hydrogen-bond donors (Lipinski definition) is 2. The van der Waals surface area contributed by atoms with Gasteiger partial charge in [-0.1, -0.05) is 30.3 Å². The molecule has 110 valence electrons. The molecule has 0 spiro atoms. The van der Waals surface area contributed by atoms with E-state index in [-0.39, 0.29) is 18.0 Å². The first kappa shape index (κ1) is 13.8. The van der Waals surface area contributed by atoms with E-state index in [9.17, 15) is 14.4 Å². The van der Waals surface area contributed by atoms with E-state index in [1.54, 1.807) is 0 Å². The highest BCUT2D eigenvalue weighted by molar-refractivity contribution is 6.38. The van der Waals surface area contributed by atoms with Crippen molar-refractivity contribution >= 4 is 17.6 Å². The Kier molecular flexibility index (Phi) is 3.27. The van der Waals surface area contributed by atoms with E-state index >= 15 is 0 Å². The van der Waals surface area contributed by atoms with Crippen LogP contribution in [0.15, 0.2) is 30.3 Å². The number of rotatable bonds is 4. The third-order valence-electron chi connectivity index (χ3n) is 4.32. The van der Waals surface area contributed by atoms with Gasteiger partial charge in [0, 0.05) is 12.1 Å². The molecule has 2 N–H and O–H groups in total. The Morgan fingerprint density at radius 2 is 1.90 bits per heavy atom. The second-order valence-corrected chi connectivity index (χ2v) is 6.12. The zero-order chi connectivity index (χ0) is 15.0. The third-order valence-corrected chi connectivity index (χ3v) is 4.32. The van der Waals surface area contributed by atoms with Crippen molar-refractivity contribution in [2.24, 2.45) is 5.92 Å². The Morgan fingerprint density at radius 1 is 1.24 bits per heavy atom. The van der Waals surface area contributed by atoms with E-state index in [1.165, 1.54) is 0 Å². The maximum absolute atomic E-state index is 12.4.